The first-order valence-electron chi connectivity index (χ1n) is 4.89. The molecule has 0 aliphatic rings. The predicted molar refractivity (Wildman–Crippen MR) is 70.5 cm³/mol. The van der Waals surface area contributed by atoms with Crippen molar-refractivity contribution >= 4 is 39.6 Å². The number of anilines is 1. The molecule has 0 spiro atoms. The van der Waals surface area contributed by atoms with Gasteiger partial charge in [0.1, 0.15) is 5.01 Å². The Morgan fingerprint density at radius 3 is 2.94 bits per heavy atom. The van der Waals surface area contributed by atoms with Crippen molar-refractivity contribution < 1.29 is 0 Å². The van der Waals surface area contributed by atoms with E-state index in [0.29, 0.717) is 0 Å². The summed E-state index contributed by atoms with van der Waals surface area (Å²) in [6.07, 6.45) is 1.92. The highest BCUT2D eigenvalue weighted by molar-refractivity contribution is 8.00. The molecular formula is C9H12N4S3. The Bertz CT molecular complexity index is 451. The van der Waals surface area contributed by atoms with Crippen molar-refractivity contribution in [1.29, 1.82) is 0 Å². The van der Waals surface area contributed by atoms with Crippen LogP contribution in [-0.4, -0.2) is 21.7 Å². The lowest BCUT2D eigenvalue weighted by Gasteiger charge is -1.94. The zero-order chi connectivity index (χ0) is 11.4. The summed E-state index contributed by atoms with van der Waals surface area (Å²) in [6.45, 7) is 4.95. The lowest BCUT2D eigenvalue weighted by molar-refractivity contribution is 0.984. The topological polar surface area (TPSA) is 50.7 Å². The van der Waals surface area contributed by atoms with Gasteiger partial charge >= 0.3 is 0 Å². The zero-order valence-corrected chi connectivity index (χ0v) is 11.5. The molecule has 2 rings (SSSR count). The molecule has 0 unspecified atom stereocenters. The highest BCUT2D eigenvalue weighted by atomic mass is 32.2. The largest absolute Gasteiger partial charge is 0.362 e. The summed E-state index contributed by atoms with van der Waals surface area (Å²) in [7, 11) is 0. The van der Waals surface area contributed by atoms with E-state index in [9.17, 15) is 0 Å². The van der Waals surface area contributed by atoms with E-state index in [1.165, 1.54) is 4.88 Å². The summed E-state index contributed by atoms with van der Waals surface area (Å²) in [6, 6.07) is 0. The lowest BCUT2D eigenvalue weighted by Crippen LogP contribution is -1.94. The predicted octanol–water partition coefficient (Wildman–Crippen LogP) is 3.03. The third-order valence-electron chi connectivity index (χ3n) is 1.73. The molecule has 2 heterocycles. The highest BCUT2D eigenvalue weighted by Gasteiger charge is 2.05. The molecule has 0 aliphatic carbocycles. The van der Waals surface area contributed by atoms with Gasteiger partial charge in [0.25, 0.3) is 0 Å². The van der Waals surface area contributed by atoms with Crippen molar-refractivity contribution in [2.45, 2.75) is 23.9 Å². The highest BCUT2D eigenvalue weighted by Crippen LogP contribution is 2.28. The molecule has 0 saturated heterocycles. The minimum atomic E-state index is 0.912. The van der Waals surface area contributed by atoms with Crippen LogP contribution < -0.4 is 5.32 Å². The van der Waals surface area contributed by atoms with Crippen molar-refractivity contribution in [2.24, 2.45) is 0 Å². The van der Waals surface area contributed by atoms with E-state index >= 15 is 0 Å². The van der Waals surface area contributed by atoms with Crippen molar-refractivity contribution in [3.8, 4) is 0 Å². The standard InChI is InChI=1S/C9H12N4S3/c1-3-10-8-11-4-7(16-8)5-14-9-13-12-6(2)15-9/h4H,3,5H2,1-2H3,(H,10,11). The van der Waals surface area contributed by atoms with E-state index in [1.807, 2.05) is 13.1 Å². The summed E-state index contributed by atoms with van der Waals surface area (Å²) >= 11 is 5.04. The summed E-state index contributed by atoms with van der Waals surface area (Å²) in [5.74, 6) is 0.914. The SMILES string of the molecule is CCNc1ncc(CSc2nnc(C)s2)s1. The van der Waals surface area contributed by atoms with Crippen LogP contribution in [0.15, 0.2) is 10.5 Å². The maximum atomic E-state index is 4.28. The summed E-state index contributed by atoms with van der Waals surface area (Å²) < 4.78 is 1.02. The average Bonchev–Trinajstić information content (AvgIpc) is 2.85. The van der Waals surface area contributed by atoms with Gasteiger partial charge in [0.05, 0.1) is 0 Å². The fourth-order valence-corrected chi connectivity index (χ4v) is 3.79. The number of aromatic nitrogens is 3. The molecule has 16 heavy (non-hydrogen) atoms. The van der Waals surface area contributed by atoms with Crippen LogP contribution in [0.25, 0.3) is 0 Å². The quantitative estimate of drug-likeness (QED) is 0.848. The van der Waals surface area contributed by atoms with Gasteiger partial charge in [-0.1, -0.05) is 23.1 Å². The summed E-state index contributed by atoms with van der Waals surface area (Å²) in [5.41, 5.74) is 0. The Morgan fingerprint density at radius 1 is 1.38 bits per heavy atom. The first-order chi connectivity index (χ1) is 7.78. The van der Waals surface area contributed by atoms with Gasteiger partial charge in [-0.25, -0.2) is 4.98 Å². The van der Waals surface area contributed by atoms with Crippen LogP contribution >= 0.6 is 34.4 Å². The molecule has 7 heteroatoms. The molecule has 86 valence electrons. The van der Waals surface area contributed by atoms with E-state index in [0.717, 1.165) is 26.8 Å². The molecule has 0 saturated carbocycles. The van der Waals surface area contributed by atoms with Crippen LogP contribution in [0, 0.1) is 6.92 Å². The normalized spacial score (nSPS) is 10.6. The maximum Gasteiger partial charge on any atom is 0.182 e. The molecule has 0 aromatic carbocycles. The number of aryl methyl sites for hydroxylation is 1. The van der Waals surface area contributed by atoms with E-state index in [-0.39, 0.29) is 0 Å². The van der Waals surface area contributed by atoms with E-state index < -0.39 is 0 Å². The van der Waals surface area contributed by atoms with Crippen LogP contribution in [0.1, 0.15) is 16.8 Å². The van der Waals surface area contributed by atoms with Crippen molar-refractivity contribution in [2.75, 3.05) is 11.9 Å². The molecule has 1 N–H and O–H groups in total. The number of thioether (sulfide) groups is 1. The summed E-state index contributed by atoms with van der Waals surface area (Å²) in [5, 5.41) is 13.3. The van der Waals surface area contributed by atoms with Gasteiger partial charge in [-0.2, -0.15) is 0 Å². The lowest BCUT2D eigenvalue weighted by atomic mass is 10.6. The van der Waals surface area contributed by atoms with Gasteiger partial charge in [-0.3, -0.25) is 0 Å². The second-order valence-electron chi connectivity index (χ2n) is 3.04. The molecule has 4 nitrogen and oxygen atoms in total. The Hall–Kier alpha value is -0.660. The number of hydrogen-bond donors (Lipinski definition) is 1. The number of rotatable bonds is 5. The molecule has 0 fully saturated rings. The Morgan fingerprint density at radius 2 is 2.25 bits per heavy atom. The van der Waals surface area contributed by atoms with Crippen LogP contribution in [-0.2, 0) is 5.75 Å². The van der Waals surface area contributed by atoms with Crippen LogP contribution in [0.5, 0.6) is 0 Å². The van der Waals surface area contributed by atoms with Crippen LogP contribution in [0.2, 0.25) is 0 Å². The zero-order valence-electron chi connectivity index (χ0n) is 9.06. The van der Waals surface area contributed by atoms with E-state index in [2.05, 4.69) is 27.4 Å². The third kappa shape index (κ3) is 3.16. The molecule has 0 bridgehead atoms. The van der Waals surface area contributed by atoms with E-state index in [4.69, 9.17) is 0 Å². The minimum Gasteiger partial charge on any atom is -0.362 e. The molecular weight excluding hydrogens is 260 g/mol. The van der Waals surface area contributed by atoms with Gasteiger partial charge in [0, 0.05) is 23.4 Å². The van der Waals surface area contributed by atoms with Gasteiger partial charge in [0.15, 0.2) is 9.47 Å². The van der Waals surface area contributed by atoms with Crippen molar-refractivity contribution in [3.05, 3.63) is 16.1 Å². The van der Waals surface area contributed by atoms with Gasteiger partial charge in [0.2, 0.25) is 0 Å². The Labute approximate surface area is 107 Å². The average molecular weight is 272 g/mol. The van der Waals surface area contributed by atoms with Crippen LogP contribution in [0.4, 0.5) is 5.13 Å². The van der Waals surface area contributed by atoms with Gasteiger partial charge in [-0.15, -0.1) is 21.5 Å². The number of nitrogens with zero attached hydrogens (tertiary/aromatic N) is 3. The number of hydrogen-bond acceptors (Lipinski definition) is 7. The number of thiazole rings is 1. The smallest absolute Gasteiger partial charge is 0.182 e. The number of nitrogens with one attached hydrogen (secondary N) is 1. The van der Waals surface area contributed by atoms with Gasteiger partial charge < -0.3 is 5.32 Å². The van der Waals surface area contributed by atoms with E-state index in [1.54, 1.807) is 34.4 Å². The summed E-state index contributed by atoms with van der Waals surface area (Å²) in [4.78, 5) is 5.54. The second kappa shape index (κ2) is 5.60. The molecule has 0 atom stereocenters. The van der Waals surface area contributed by atoms with Gasteiger partial charge in [-0.05, 0) is 13.8 Å². The second-order valence-corrected chi connectivity index (χ2v) is 6.56. The maximum absolute atomic E-state index is 4.28. The van der Waals surface area contributed by atoms with Crippen molar-refractivity contribution in [3.63, 3.8) is 0 Å². The molecule has 2 aromatic heterocycles. The minimum absolute atomic E-state index is 0.912. The molecule has 2 aromatic rings. The molecule has 0 radical (unpaired) electrons. The third-order valence-corrected chi connectivity index (χ3v) is 4.89. The molecule has 0 aliphatic heterocycles. The fraction of sp³-hybridized carbons (Fsp3) is 0.444. The fourth-order valence-electron chi connectivity index (χ4n) is 1.08. The monoisotopic (exact) mass is 272 g/mol. The van der Waals surface area contributed by atoms with Crippen LogP contribution in [0.3, 0.4) is 0 Å². The first-order valence-corrected chi connectivity index (χ1v) is 7.51. The first kappa shape index (κ1) is 11.8. The Balaban J connectivity index is 1.89. The Kier molecular flexibility index (Phi) is 4.14. The van der Waals surface area contributed by atoms with Crippen molar-refractivity contribution in [1.82, 2.24) is 15.2 Å². The molecule has 0 amide bonds.